The van der Waals surface area contributed by atoms with E-state index in [-0.39, 0.29) is 10.8 Å². The molecule has 1 aromatic heterocycles. The zero-order valence-corrected chi connectivity index (χ0v) is 18.2. The Bertz CT molecular complexity index is 1040. The summed E-state index contributed by atoms with van der Waals surface area (Å²) in [6.45, 7) is 5.04. The van der Waals surface area contributed by atoms with Crippen LogP contribution in [0.4, 0.5) is 0 Å². The van der Waals surface area contributed by atoms with E-state index >= 15 is 0 Å². The van der Waals surface area contributed by atoms with Gasteiger partial charge in [-0.15, -0.1) is 0 Å². The second kappa shape index (κ2) is 7.72. The number of piperidine rings is 1. The van der Waals surface area contributed by atoms with Crippen LogP contribution in [0.15, 0.2) is 39.6 Å². The first-order chi connectivity index (χ1) is 14.3. The van der Waals surface area contributed by atoms with E-state index in [0.717, 1.165) is 0 Å². The third kappa shape index (κ3) is 3.51. The molecule has 1 amide bonds. The highest BCUT2D eigenvalue weighted by atomic mass is 32.2. The third-order valence-electron chi connectivity index (χ3n) is 5.87. The fourth-order valence-electron chi connectivity index (χ4n) is 4.27. The number of hydrogen-bond acceptors (Lipinski definition) is 6. The topological polar surface area (TPSA) is 89.3 Å². The predicted molar refractivity (Wildman–Crippen MR) is 109 cm³/mol. The molecular weight excluding hydrogens is 408 g/mol. The van der Waals surface area contributed by atoms with E-state index in [4.69, 9.17) is 13.9 Å². The van der Waals surface area contributed by atoms with Crippen LogP contribution in [0.2, 0.25) is 0 Å². The highest BCUT2D eigenvalue weighted by molar-refractivity contribution is 7.89. The van der Waals surface area contributed by atoms with Crippen molar-refractivity contribution in [3.05, 3.63) is 47.4 Å². The number of methoxy groups -OCH3 is 1. The Morgan fingerprint density at radius 3 is 2.33 bits per heavy atom. The molecule has 2 aliphatic rings. The van der Waals surface area contributed by atoms with Gasteiger partial charge in [0.15, 0.2) is 0 Å². The zero-order chi connectivity index (χ0) is 21.5. The molecule has 0 saturated carbocycles. The molecular formula is C21H26N2O6S. The third-order valence-corrected chi connectivity index (χ3v) is 7.83. The summed E-state index contributed by atoms with van der Waals surface area (Å²) in [4.78, 5) is 14.8. The Morgan fingerprint density at radius 1 is 1.10 bits per heavy atom. The van der Waals surface area contributed by atoms with Crippen LogP contribution in [0.5, 0.6) is 5.75 Å². The van der Waals surface area contributed by atoms with Gasteiger partial charge in [-0.1, -0.05) is 0 Å². The molecule has 2 fully saturated rings. The van der Waals surface area contributed by atoms with Gasteiger partial charge in [0.25, 0.3) is 5.91 Å². The number of likely N-dealkylation sites (tertiary alicyclic amines) is 1. The first-order valence-electron chi connectivity index (χ1n) is 9.94. The average molecular weight is 435 g/mol. The lowest BCUT2D eigenvalue weighted by molar-refractivity contribution is -0.0857. The van der Waals surface area contributed by atoms with E-state index in [1.54, 1.807) is 42.2 Å². The van der Waals surface area contributed by atoms with Gasteiger partial charge in [-0.2, -0.15) is 4.31 Å². The molecule has 0 N–H and O–H groups in total. The van der Waals surface area contributed by atoms with Crippen LogP contribution in [-0.4, -0.2) is 62.6 Å². The Kier molecular flexibility index (Phi) is 5.37. The summed E-state index contributed by atoms with van der Waals surface area (Å²) in [5.41, 5.74) is -0.366. The van der Waals surface area contributed by atoms with E-state index in [2.05, 4.69) is 0 Å². The maximum Gasteiger partial charge on any atom is 0.257 e. The molecule has 8 nitrogen and oxygen atoms in total. The molecule has 2 saturated heterocycles. The van der Waals surface area contributed by atoms with E-state index in [1.165, 1.54) is 11.4 Å². The van der Waals surface area contributed by atoms with Crippen molar-refractivity contribution in [1.29, 1.82) is 0 Å². The number of carbonyl (C=O) groups is 1. The number of benzene rings is 1. The molecule has 0 bridgehead atoms. The van der Waals surface area contributed by atoms with Gasteiger partial charge in [-0.3, -0.25) is 4.79 Å². The maximum atomic E-state index is 13.3. The molecule has 162 valence electrons. The standard InChI is InChI=1S/C21H26N2O6S/c1-15-14-19(16(2)29-15)20(24)22-10-8-21(9-11-22)23(12-13-28-21)30(25,26)18-6-4-17(27-3)5-7-18/h4-7,14H,8-13H2,1-3H3. The lowest BCUT2D eigenvalue weighted by Gasteiger charge is -2.42. The summed E-state index contributed by atoms with van der Waals surface area (Å²) in [7, 11) is -2.19. The molecule has 3 heterocycles. The van der Waals surface area contributed by atoms with Gasteiger partial charge < -0.3 is 18.8 Å². The molecule has 4 rings (SSSR count). The first kappa shape index (κ1) is 20.9. The van der Waals surface area contributed by atoms with Gasteiger partial charge >= 0.3 is 0 Å². The van der Waals surface area contributed by atoms with Crippen molar-refractivity contribution in [3.8, 4) is 5.75 Å². The van der Waals surface area contributed by atoms with Crippen molar-refractivity contribution < 1.29 is 27.1 Å². The smallest absolute Gasteiger partial charge is 0.257 e. The van der Waals surface area contributed by atoms with Crippen LogP contribution in [0, 0.1) is 13.8 Å². The lowest BCUT2D eigenvalue weighted by atomic mass is 10.00. The van der Waals surface area contributed by atoms with Crippen LogP contribution in [0.25, 0.3) is 0 Å². The van der Waals surface area contributed by atoms with Crippen molar-refractivity contribution in [2.45, 2.75) is 37.3 Å². The van der Waals surface area contributed by atoms with Crippen LogP contribution >= 0.6 is 0 Å². The average Bonchev–Trinajstić information content (AvgIpc) is 3.31. The van der Waals surface area contributed by atoms with Crippen LogP contribution in [-0.2, 0) is 14.8 Å². The molecule has 2 aromatic rings. The quantitative estimate of drug-likeness (QED) is 0.735. The fourth-order valence-corrected chi connectivity index (χ4v) is 6.00. The van der Waals surface area contributed by atoms with Crippen molar-refractivity contribution >= 4 is 15.9 Å². The van der Waals surface area contributed by atoms with Crippen LogP contribution in [0.3, 0.4) is 0 Å². The highest BCUT2D eigenvalue weighted by Crippen LogP contribution is 2.39. The van der Waals surface area contributed by atoms with E-state index < -0.39 is 15.7 Å². The molecule has 9 heteroatoms. The molecule has 0 radical (unpaired) electrons. The fraction of sp³-hybridized carbons (Fsp3) is 0.476. The van der Waals surface area contributed by atoms with Gasteiger partial charge in [0.2, 0.25) is 10.0 Å². The summed E-state index contributed by atoms with van der Waals surface area (Å²) in [5, 5.41) is 0. The Hall–Kier alpha value is -2.36. The van der Waals surface area contributed by atoms with Gasteiger partial charge in [-0.05, 0) is 44.2 Å². The maximum absolute atomic E-state index is 13.3. The predicted octanol–water partition coefficient (Wildman–Crippen LogP) is 2.56. The SMILES string of the molecule is COc1ccc(S(=O)(=O)N2CCOC23CCN(C(=O)c2cc(C)oc2C)CC3)cc1. The molecule has 1 aromatic carbocycles. The number of sulfonamides is 1. The zero-order valence-electron chi connectivity index (χ0n) is 17.4. The Morgan fingerprint density at radius 2 is 1.77 bits per heavy atom. The molecule has 0 atom stereocenters. The normalized spacial score (nSPS) is 19.4. The highest BCUT2D eigenvalue weighted by Gasteiger charge is 2.51. The minimum absolute atomic E-state index is 0.0956. The number of aryl methyl sites for hydroxylation is 2. The van der Waals surface area contributed by atoms with Gasteiger partial charge in [0, 0.05) is 32.5 Å². The van der Waals surface area contributed by atoms with Gasteiger partial charge in [0.05, 0.1) is 24.2 Å². The molecule has 30 heavy (non-hydrogen) atoms. The molecule has 0 aliphatic carbocycles. The minimum Gasteiger partial charge on any atom is -0.497 e. The van der Waals surface area contributed by atoms with E-state index in [9.17, 15) is 13.2 Å². The lowest BCUT2D eigenvalue weighted by Crippen LogP contribution is -2.55. The first-order valence-corrected chi connectivity index (χ1v) is 11.4. The Balaban J connectivity index is 1.52. The number of rotatable bonds is 4. The van der Waals surface area contributed by atoms with Gasteiger partial charge in [0.1, 0.15) is 23.0 Å². The largest absolute Gasteiger partial charge is 0.497 e. The summed E-state index contributed by atoms with van der Waals surface area (Å²) in [5.74, 6) is 1.79. The van der Waals surface area contributed by atoms with E-state index in [0.29, 0.717) is 61.9 Å². The van der Waals surface area contributed by atoms with Crippen molar-refractivity contribution in [1.82, 2.24) is 9.21 Å². The van der Waals surface area contributed by atoms with Crippen LogP contribution < -0.4 is 4.74 Å². The second-order valence-electron chi connectivity index (χ2n) is 7.67. The summed E-state index contributed by atoms with van der Waals surface area (Å²) < 4.78 is 44.6. The number of ether oxygens (including phenoxy) is 2. The number of amides is 1. The second-order valence-corrected chi connectivity index (χ2v) is 9.53. The monoisotopic (exact) mass is 434 g/mol. The van der Waals surface area contributed by atoms with Crippen molar-refractivity contribution in [2.24, 2.45) is 0 Å². The molecule has 1 spiro atoms. The number of carbonyl (C=O) groups excluding carboxylic acids is 1. The van der Waals surface area contributed by atoms with E-state index in [1.807, 2.05) is 6.92 Å². The van der Waals surface area contributed by atoms with Gasteiger partial charge in [-0.25, -0.2) is 8.42 Å². The number of nitrogens with zero attached hydrogens (tertiary/aromatic N) is 2. The Labute approximate surface area is 176 Å². The number of furan rings is 1. The summed E-state index contributed by atoms with van der Waals surface area (Å²) >= 11 is 0. The molecule has 2 aliphatic heterocycles. The number of hydrogen-bond donors (Lipinski definition) is 0. The minimum atomic E-state index is -3.73. The van der Waals surface area contributed by atoms with Crippen molar-refractivity contribution in [3.63, 3.8) is 0 Å². The van der Waals surface area contributed by atoms with Crippen molar-refractivity contribution in [2.75, 3.05) is 33.4 Å². The summed E-state index contributed by atoms with van der Waals surface area (Å²) in [6, 6.07) is 8.10. The van der Waals surface area contributed by atoms with Crippen LogP contribution in [0.1, 0.15) is 34.7 Å². The molecule has 0 unspecified atom stereocenters. The summed E-state index contributed by atoms with van der Waals surface area (Å²) in [6.07, 6.45) is 0.841.